The highest BCUT2D eigenvalue weighted by Crippen LogP contribution is 2.40. The van der Waals surface area contributed by atoms with Crippen molar-refractivity contribution in [1.29, 1.82) is 0 Å². The third-order valence-corrected chi connectivity index (χ3v) is 6.09. The van der Waals surface area contributed by atoms with Gasteiger partial charge >= 0.3 is 0 Å². The molecule has 1 saturated carbocycles. The number of ether oxygens (including phenoxy) is 1. The van der Waals surface area contributed by atoms with Crippen LogP contribution in [-0.4, -0.2) is 25.7 Å². The molecule has 132 valence electrons. The van der Waals surface area contributed by atoms with Crippen LogP contribution in [0.3, 0.4) is 0 Å². The number of rotatable bonds is 5. The molecule has 3 rings (SSSR count). The number of amides is 1. The number of carbonyl (C=O) groups excluding carboxylic acids is 1. The van der Waals surface area contributed by atoms with Crippen LogP contribution >= 0.6 is 23.2 Å². The Morgan fingerprint density at radius 2 is 1.92 bits per heavy atom. The van der Waals surface area contributed by atoms with E-state index in [1.54, 1.807) is 6.07 Å². The number of hydrogen-bond donors (Lipinski definition) is 1. The summed E-state index contributed by atoms with van der Waals surface area (Å²) in [6, 6.07) is 5.43. The summed E-state index contributed by atoms with van der Waals surface area (Å²) < 4.78 is 5.50. The second kappa shape index (κ2) is 8.07. The molecular formula is C19H25Cl2NO2. The summed E-state index contributed by atoms with van der Waals surface area (Å²) in [7, 11) is 0. The summed E-state index contributed by atoms with van der Waals surface area (Å²) in [5.74, 6) is 0.850. The van der Waals surface area contributed by atoms with Crippen LogP contribution in [0.1, 0.15) is 50.5 Å². The van der Waals surface area contributed by atoms with Crippen molar-refractivity contribution in [2.24, 2.45) is 5.92 Å². The lowest BCUT2D eigenvalue weighted by Crippen LogP contribution is -2.48. The van der Waals surface area contributed by atoms with E-state index in [0.29, 0.717) is 36.1 Å². The fourth-order valence-corrected chi connectivity index (χ4v) is 4.66. The second-order valence-corrected chi connectivity index (χ2v) is 7.86. The summed E-state index contributed by atoms with van der Waals surface area (Å²) >= 11 is 12.5. The van der Waals surface area contributed by atoms with Gasteiger partial charge in [0.2, 0.25) is 5.91 Å². The molecule has 3 nitrogen and oxygen atoms in total. The SMILES string of the molecule is O=C(NCCC1CCCC1)C1(c2ccc(Cl)cc2Cl)CCOCC1. The standard InChI is InChI=1S/C19H25Cl2NO2/c20-15-5-6-16(17(21)13-15)19(8-11-24-12-9-19)18(23)22-10-7-14-3-1-2-4-14/h5-6,13-14H,1-4,7-12H2,(H,22,23). The van der Waals surface area contributed by atoms with Crippen LogP contribution in [0.25, 0.3) is 0 Å². The quantitative estimate of drug-likeness (QED) is 0.813. The minimum Gasteiger partial charge on any atom is -0.381 e. The zero-order chi connectivity index (χ0) is 17.0. The number of benzene rings is 1. The molecule has 1 heterocycles. The summed E-state index contributed by atoms with van der Waals surface area (Å²) in [6.07, 6.45) is 7.66. The normalized spacial score (nSPS) is 20.9. The average molecular weight is 370 g/mol. The predicted molar refractivity (Wildman–Crippen MR) is 97.8 cm³/mol. The number of hydrogen-bond acceptors (Lipinski definition) is 2. The van der Waals surface area contributed by atoms with Crippen LogP contribution in [-0.2, 0) is 14.9 Å². The van der Waals surface area contributed by atoms with Gasteiger partial charge < -0.3 is 10.1 Å². The highest BCUT2D eigenvalue weighted by Gasteiger charge is 2.42. The Bertz CT molecular complexity index is 579. The average Bonchev–Trinajstić information content (AvgIpc) is 3.08. The molecule has 5 heteroatoms. The molecule has 0 unspecified atom stereocenters. The molecule has 1 N–H and O–H groups in total. The van der Waals surface area contributed by atoms with Crippen molar-refractivity contribution >= 4 is 29.1 Å². The molecule has 1 aliphatic heterocycles. The smallest absolute Gasteiger partial charge is 0.230 e. The van der Waals surface area contributed by atoms with Crippen molar-refractivity contribution in [3.05, 3.63) is 33.8 Å². The zero-order valence-electron chi connectivity index (χ0n) is 14.0. The van der Waals surface area contributed by atoms with Gasteiger partial charge in [0.05, 0.1) is 5.41 Å². The fraction of sp³-hybridized carbons (Fsp3) is 0.632. The molecule has 0 spiro atoms. The predicted octanol–water partition coefficient (Wildman–Crippen LogP) is 4.74. The van der Waals surface area contributed by atoms with E-state index in [-0.39, 0.29) is 5.91 Å². The van der Waals surface area contributed by atoms with E-state index in [1.165, 1.54) is 25.7 Å². The lowest BCUT2D eigenvalue weighted by atomic mass is 9.73. The van der Waals surface area contributed by atoms with Gasteiger partial charge in [0.1, 0.15) is 0 Å². The maximum absolute atomic E-state index is 13.1. The van der Waals surface area contributed by atoms with Gasteiger partial charge in [-0.05, 0) is 42.9 Å². The van der Waals surface area contributed by atoms with E-state index in [0.717, 1.165) is 24.4 Å². The van der Waals surface area contributed by atoms with Crippen molar-refractivity contribution in [3.8, 4) is 0 Å². The Morgan fingerprint density at radius 1 is 1.21 bits per heavy atom. The Hall–Kier alpha value is -0.770. The molecule has 1 aromatic rings. The summed E-state index contributed by atoms with van der Waals surface area (Å²) in [5, 5.41) is 4.33. The number of halogens is 2. The van der Waals surface area contributed by atoms with Gasteiger partial charge in [-0.2, -0.15) is 0 Å². The number of nitrogens with one attached hydrogen (secondary N) is 1. The minimum atomic E-state index is -0.602. The lowest BCUT2D eigenvalue weighted by Gasteiger charge is -2.37. The van der Waals surface area contributed by atoms with Crippen molar-refractivity contribution in [2.75, 3.05) is 19.8 Å². The molecule has 1 amide bonds. The maximum atomic E-state index is 13.1. The van der Waals surface area contributed by atoms with Crippen molar-refractivity contribution in [3.63, 3.8) is 0 Å². The molecular weight excluding hydrogens is 345 g/mol. The molecule has 2 aliphatic rings. The summed E-state index contributed by atoms with van der Waals surface area (Å²) in [5.41, 5.74) is 0.269. The monoisotopic (exact) mass is 369 g/mol. The van der Waals surface area contributed by atoms with Gasteiger partial charge in [-0.1, -0.05) is 55.0 Å². The molecule has 1 aliphatic carbocycles. The highest BCUT2D eigenvalue weighted by atomic mass is 35.5. The Kier molecular flexibility index (Phi) is 6.07. The Balaban J connectivity index is 1.73. The van der Waals surface area contributed by atoms with Crippen LogP contribution < -0.4 is 5.32 Å². The maximum Gasteiger partial charge on any atom is 0.230 e. The third kappa shape index (κ3) is 3.89. The lowest BCUT2D eigenvalue weighted by molar-refractivity contribution is -0.130. The second-order valence-electron chi connectivity index (χ2n) is 7.01. The first kappa shape index (κ1) is 18.0. The molecule has 0 atom stereocenters. The van der Waals surface area contributed by atoms with Crippen LogP contribution in [0.4, 0.5) is 0 Å². The first-order chi connectivity index (χ1) is 11.6. The van der Waals surface area contributed by atoms with Crippen molar-refractivity contribution in [2.45, 2.75) is 50.4 Å². The van der Waals surface area contributed by atoms with Crippen molar-refractivity contribution < 1.29 is 9.53 Å². The van der Waals surface area contributed by atoms with Gasteiger partial charge in [-0.15, -0.1) is 0 Å². The van der Waals surface area contributed by atoms with Crippen LogP contribution in [0.5, 0.6) is 0 Å². The molecule has 24 heavy (non-hydrogen) atoms. The van der Waals surface area contributed by atoms with E-state index < -0.39 is 5.41 Å². The number of carbonyl (C=O) groups is 1. The third-order valence-electron chi connectivity index (χ3n) is 5.54. The van der Waals surface area contributed by atoms with E-state index in [4.69, 9.17) is 27.9 Å². The van der Waals surface area contributed by atoms with E-state index in [9.17, 15) is 4.79 Å². The summed E-state index contributed by atoms with van der Waals surface area (Å²) in [4.78, 5) is 13.1. The largest absolute Gasteiger partial charge is 0.381 e. The van der Waals surface area contributed by atoms with Gasteiger partial charge in [-0.3, -0.25) is 4.79 Å². The first-order valence-corrected chi connectivity index (χ1v) is 9.69. The van der Waals surface area contributed by atoms with Crippen LogP contribution in [0, 0.1) is 5.92 Å². The first-order valence-electron chi connectivity index (χ1n) is 8.93. The summed E-state index contributed by atoms with van der Waals surface area (Å²) in [6.45, 7) is 1.90. The van der Waals surface area contributed by atoms with Gasteiger partial charge in [0, 0.05) is 29.8 Å². The molecule has 1 aromatic carbocycles. The molecule has 1 saturated heterocycles. The fourth-order valence-electron chi connectivity index (χ4n) is 4.07. The minimum absolute atomic E-state index is 0.0769. The van der Waals surface area contributed by atoms with E-state index >= 15 is 0 Å². The van der Waals surface area contributed by atoms with Gasteiger partial charge in [-0.25, -0.2) is 0 Å². The van der Waals surface area contributed by atoms with Crippen LogP contribution in [0.2, 0.25) is 10.0 Å². The van der Waals surface area contributed by atoms with Gasteiger partial charge in [0.15, 0.2) is 0 Å². The van der Waals surface area contributed by atoms with Gasteiger partial charge in [0.25, 0.3) is 0 Å². The zero-order valence-corrected chi connectivity index (χ0v) is 15.5. The highest BCUT2D eigenvalue weighted by molar-refractivity contribution is 6.35. The molecule has 0 radical (unpaired) electrons. The Morgan fingerprint density at radius 3 is 2.58 bits per heavy atom. The van der Waals surface area contributed by atoms with Crippen LogP contribution in [0.15, 0.2) is 18.2 Å². The molecule has 2 fully saturated rings. The van der Waals surface area contributed by atoms with E-state index in [1.807, 2.05) is 12.1 Å². The topological polar surface area (TPSA) is 38.3 Å². The molecule has 0 aromatic heterocycles. The van der Waals surface area contributed by atoms with E-state index in [2.05, 4.69) is 5.32 Å². The molecule has 0 bridgehead atoms. The Labute approximate surface area is 154 Å². The van der Waals surface area contributed by atoms with Crippen molar-refractivity contribution in [1.82, 2.24) is 5.32 Å².